The van der Waals surface area contributed by atoms with E-state index < -0.39 is 15.8 Å². The number of ketones is 1. The third-order valence-corrected chi connectivity index (χ3v) is 7.37. The van der Waals surface area contributed by atoms with Crippen LogP contribution in [0.1, 0.15) is 48.8 Å². The first kappa shape index (κ1) is 18.8. The molecule has 1 fully saturated rings. The average Bonchev–Trinajstić information content (AvgIpc) is 3.22. The second-order valence-corrected chi connectivity index (χ2v) is 10.1. The minimum absolute atomic E-state index is 0.101. The maximum absolute atomic E-state index is 12.5. The number of rotatable bonds is 5. The van der Waals surface area contributed by atoms with Crippen molar-refractivity contribution in [3.05, 3.63) is 44.9 Å². The van der Waals surface area contributed by atoms with Crippen molar-refractivity contribution < 1.29 is 22.7 Å². The maximum Gasteiger partial charge on any atom is 0.348 e. The van der Waals surface area contributed by atoms with E-state index in [1.54, 1.807) is 19.1 Å². The molecule has 2 aromatic heterocycles. The van der Waals surface area contributed by atoms with Gasteiger partial charge in [-0.3, -0.25) is 4.79 Å². The van der Waals surface area contributed by atoms with Crippen LogP contribution in [0.2, 0.25) is 0 Å². The number of hydrogen-bond donors (Lipinski definition) is 0. The van der Waals surface area contributed by atoms with Crippen molar-refractivity contribution in [2.24, 2.45) is 0 Å². The molecule has 0 aromatic carbocycles. The molecule has 0 radical (unpaired) electrons. The van der Waals surface area contributed by atoms with Gasteiger partial charge in [-0.1, -0.05) is 0 Å². The smallest absolute Gasteiger partial charge is 0.348 e. The normalized spacial score (nSPS) is 18.8. The van der Waals surface area contributed by atoms with E-state index in [0.29, 0.717) is 16.9 Å². The molecule has 1 aliphatic rings. The molecular formula is C18H21NO5S2. The van der Waals surface area contributed by atoms with Crippen LogP contribution in [0.4, 0.5) is 0 Å². The zero-order valence-electron chi connectivity index (χ0n) is 14.9. The van der Waals surface area contributed by atoms with Crippen molar-refractivity contribution in [2.45, 2.75) is 33.2 Å². The van der Waals surface area contributed by atoms with Gasteiger partial charge >= 0.3 is 5.97 Å². The number of carbonyl (C=O) groups is 2. The van der Waals surface area contributed by atoms with E-state index in [-0.39, 0.29) is 29.9 Å². The zero-order valence-corrected chi connectivity index (χ0v) is 16.6. The summed E-state index contributed by atoms with van der Waals surface area (Å²) in [7, 11) is -3.01. The number of ether oxygens (including phenoxy) is 1. The lowest BCUT2D eigenvalue weighted by molar-refractivity contribution is 0.0479. The average molecular weight is 396 g/mol. The summed E-state index contributed by atoms with van der Waals surface area (Å²) in [5.41, 5.74) is 2.03. The molecular weight excluding hydrogens is 374 g/mol. The van der Waals surface area contributed by atoms with Gasteiger partial charge in [-0.2, -0.15) is 0 Å². The summed E-state index contributed by atoms with van der Waals surface area (Å²) in [4.78, 5) is 26.0. The van der Waals surface area contributed by atoms with Gasteiger partial charge in [0.15, 0.2) is 16.4 Å². The summed E-state index contributed by atoms with van der Waals surface area (Å²) in [6.45, 7) is 5.22. The predicted molar refractivity (Wildman–Crippen MR) is 99.9 cm³/mol. The van der Waals surface area contributed by atoms with Gasteiger partial charge in [-0.25, -0.2) is 13.2 Å². The molecule has 0 saturated carbocycles. The van der Waals surface area contributed by atoms with Crippen LogP contribution in [-0.2, 0) is 14.6 Å². The van der Waals surface area contributed by atoms with Crippen molar-refractivity contribution in [3.8, 4) is 0 Å². The third kappa shape index (κ3) is 3.76. The van der Waals surface area contributed by atoms with E-state index in [9.17, 15) is 18.0 Å². The molecule has 1 aliphatic heterocycles. The lowest BCUT2D eigenvalue weighted by Crippen LogP contribution is -2.16. The molecule has 1 atom stereocenters. The van der Waals surface area contributed by atoms with Gasteiger partial charge in [0.25, 0.3) is 0 Å². The number of thiophene rings is 1. The van der Waals surface area contributed by atoms with E-state index >= 15 is 0 Å². The van der Waals surface area contributed by atoms with E-state index in [0.717, 1.165) is 16.3 Å². The van der Waals surface area contributed by atoms with Crippen LogP contribution in [0, 0.1) is 20.8 Å². The van der Waals surface area contributed by atoms with Crippen molar-refractivity contribution in [1.29, 1.82) is 0 Å². The highest BCUT2D eigenvalue weighted by Crippen LogP contribution is 2.29. The van der Waals surface area contributed by atoms with Crippen LogP contribution in [0.25, 0.3) is 0 Å². The van der Waals surface area contributed by atoms with Crippen LogP contribution < -0.4 is 0 Å². The Hall–Kier alpha value is -1.93. The van der Waals surface area contributed by atoms with Gasteiger partial charge in [0, 0.05) is 27.9 Å². The number of hydrogen-bond acceptors (Lipinski definition) is 6. The predicted octanol–water partition coefficient (Wildman–Crippen LogP) is 2.87. The fraction of sp³-hybridized carbons (Fsp3) is 0.444. The molecule has 0 amide bonds. The van der Waals surface area contributed by atoms with Gasteiger partial charge in [0.1, 0.15) is 4.88 Å². The van der Waals surface area contributed by atoms with Crippen molar-refractivity contribution in [2.75, 3.05) is 18.1 Å². The highest BCUT2D eigenvalue weighted by Gasteiger charge is 2.31. The van der Waals surface area contributed by atoms with E-state index in [2.05, 4.69) is 0 Å². The number of esters is 1. The van der Waals surface area contributed by atoms with Gasteiger partial charge in [0.05, 0.1) is 11.5 Å². The van der Waals surface area contributed by atoms with Gasteiger partial charge in [-0.05, 0) is 45.4 Å². The summed E-state index contributed by atoms with van der Waals surface area (Å²) < 4.78 is 30.6. The number of sulfone groups is 1. The largest absolute Gasteiger partial charge is 0.453 e. The van der Waals surface area contributed by atoms with Crippen LogP contribution in [-0.4, -0.2) is 42.9 Å². The van der Waals surface area contributed by atoms with E-state index in [1.807, 2.05) is 24.5 Å². The molecule has 0 bridgehead atoms. The Bertz CT molecular complexity index is 968. The summed E-state index contributed by atoms with van der Waals surface area (Å²) in [5, 5.41) is 0. The monoisotopic (exact) mass is 395 g/mol. The Morgan fingerprint density at radius 1 is 1.27 bits per heavy atom. The molecule has 2 aromatic rings. The third-order valence-electron chi connectivity index (χ3n) is 4.63. The van der Waals surface area contributed by atoms with Crippen LogP contribution >= 0.6 is 11.3 Å². The second-order valence-electron chi connectivity index (χ2n) is 6.62. The molecule has 8 heteroatoms. The molecule has 0 N–H and O–H groups in total. The zero-order chi connectivity index (χ0) is 19.1. The number of nitrogens with zero attached hydrogens (tertiary/aromatic N) is 1. The molecule has 26 heavy (non-hydrogen) atoms. The molecule has 0 spiro atoms. The lowest BCUT2D eigenvalue weighted by Gasteiger charge is -2.16. The topological polar surface area (TPSA) is 82.4 Å². The molecule has 0 aliphatic carbocycles. The highest BCUT2D eigenvalue weighted by atomic mass is 32.2. The van der Waals surface area contributed by atoms with Crippen molar-refractivity contribution >= 4 is 32.9 Å². The lowest BCUT2D eigenvalue weighted by atomic mass is 10.1. The Morgan fingerprint density at radius 3 is 2.58 bits per heavy atom. The number of carbonyl (C=O) groups excluding carboxylic acids is 2. The summed E-state index contributed by atoms with van der Waals surface area (Å²) in [6, 6.07) is 5.11. The standard InChI is InChI=1S/C18H21NO5S2/c1-11-8-15(13(3)19(11)14-6-7-26(22,23)10-14)16(20)9-24-18(21)17-5-4-12(2)25-17/h4-5,8,14H,6-7,9-10H2,1-3H3/t14-/m0/s1. The second kappa shape index (κ2) is 7.00. The number of aryl methyl sites for hydroxylation is 2. The fourth-order valence-corrected chi connectivity index (χ4v) is 5.89. The molecule has 3 rings (SSSR count). The first-order chi connectivity index (χ1) is 12.2. The molecule has 6 nitrogen and oxygen atoms in total. The Kier molecular flexibility index (Phi) is 5.07. The Labute approximate surface area is 156 Å². The minimum atomic E-state index is -3.01. The van der Waals surface area contributed by atoms with Gasteiger partial charge < -0.3 is 9.30 Å². The molecule has 3 heterocycles. The number of Topliss-reactive ketones (excluding diaryl/α,β-unsaturated/α-hetero) is 1. The first-order valence-electron chi connectivity index (χ1n) is 8.33. The number of aromatic nitrogens is 1. The summed E-state index contributed by atoms with van der Waals surface area (Å²) in [5.74, 6) is -0.515. The SMILES string of the molecule is Cc1ccc(C(=O)OCC(=O)c2cc(C)n([C@H]3CCS(=O)(=O)C3)c2C)s1. The van der Waals surface area contributed by atoms with Gasteiger partial charge in [0.2, 0.25) is 5.78 Å². The first-order valence-corrected chi connectivity index (χ1v) is 11.0. The van der Waals surface area contributed by atoms with E-state index in [1.165, 1.54) is 11.3 Å². The van der Waals surface area contributed by atoms with Gasteiger partial charge in [-0.15, -0.1) is 11.3 Å². The molecule has 0 unspecified atom stereocenters. The quantitative estimate of drug-likeness (QED) is 0.574. The molecule has 1 saturated heterocycles. The van der Waals surface area contributed by atoms with Crippen LogP contribution in [0.3, 0.4) is 0 Å². The highest BCUT2D eigenvalue weighted by molar-refractivity contribution is 7.91. The Balaban J connectivity index is 1.72. The minimum Gasteiger partial charge on any atom is -0.453 e. The fourth-order valence-electron chi connectivity index (χ4n) is 3.42. The summed E-state index contributed by atoms with van der Waals surface area (Å²) >= 11 is 1.32. The van der Waals surface area contributed by atoms with Crippen LogP contribution in [0.5, 0.6) is 0 Å². The van der Waals surface area contributed by atoms with Crippen LogP contribution in [0.15, 0.2) is 18.2 Å². The van der Waals surface area contributed by atoms with E-state index in [4.69, 9.17) is 4.74 Å². The van der Waals surface area contributed by atoms with Crippen molar-refractivity contribution in [3.63, 3.8) is 0 Å². The van der Waals surface area contributed by atoms with Crippen molar-refractivity contribution in [1.82, 2.24) is 4.57 Å². The molecule has 140 valence electrons. The Morgan fingerprint density at radius 2 is 2.00 bits per heavy atom. The maximum atomic E-state index is 12.5. The summed E-state index contributed by atoms with van der Waals surface area (Å²) in [6.07, 6.45) is 0.555.